The van der Waals surface area contributed by atoms with Crippen LogP contribution < -0.4 is 10.4 Å². The highest BCUT2D eigenvalue weighted by Gasteiger charge is 2.41. The van der Waals surface area contributed by atoms with Crippen molar-refractivity contribution in [3.8, 4) is 0 Å². The average molecular weight is 418 g/mol. The molecule has 2 amide bonds. The van der Waals surface area contributed by atoms with Gasteiger partial charge in [-0.25, -0.2) is 4.79 Å². The molecular formula is C23H33N2O5-. The van der Waals surface area contributed by atoms with Crippen LogP contribution in [0, 0.1) is 5.92 Å². The van der Waals surface area contributed by atoms with Crippen LogP contribution in [0.15, 0.2) is 30.3 Å². The highest BCUT2D eigenvalue weighted by atomic mass is 16.6. The number of nitrogens with one attached hydrogen (secondary N) is 1. The first-order valence-corrected chi connectivity index (χ1v) is 10.6. The van der Waals surface area contributed by atoms with Crippen LogP contribution in [0.4, 0.5) is 4.79 Å². The second kappa shape index (κ2) is 9.49. The fourth-order valence-electron chi connectivity index (χ4n) is 3.79. The molecule has 166 valence electrons. The maximum Gasteiger partial charge on any atom is 0.408 e. The molecule has 1 N–H and O–H groups in total. The zero-order chi connectivity index (χ0) is 22.5. The van der Waals surface area contributed by atoms with Crippen LogP contribution in [-0.4, -0.2) is 47.6 Å². The second-order valence-corrected chi connectivity index (χ2v) is 9.07. The van der Waals surface area contributed by atoms with Gasteiger partial charge in [0.2, 0.25) is 5.91 Å². The average Bonchev–Trinajstić information content (AvgIpc) is 2.70. The third kappa shape index (κ3) is 5.52. The zero-order valence-electron chi connectivity index (χ0n) is 18.6. The van der Waals surface area contributed by atoms with Gasteiger partial charge in [0.05, 0.1) is 5.97 Å². The third-order valence-electron chi connectivity index (χ3n) is 5.80. The number of hydrogen-bond donors (Lipinski definition) is 1. The fraction of sp³-hybridized carbons (Fsp3) is 0.609. The van der Waals surface area contributed by atoms with Crippen LogP contribution in [0.5, 0.6) is 0 Å². The zero-order valence-corrected chi connectivity index (χ0v) is 18.6. The number of carbonyl (C=O) groups is 3. The lowest BCUT2D eigenvalue weighted by atomic mass is 9.72. The smallest absolute Gasteiger partial charge is 0.408 e. The van der Waals surface area contributed by atoms with Gasteiger partial charge in [-0.3, -0.25) is 4.79 Å². The van der Waals surface area contributed by atoms with Crippen molar-refractivity contribution in [2.75, 3.05) is 13.1 Å². The number of amides is 2. The monoisotopic (exact) mass is 417 g/mol. The summed E-state index contributed by atoms with van der Waals surface area (Å²) < 4.78 is 5.32. The maximum absolute atomic E-state index is 13.2. The van der Waals surface area contributed by atoms with Gasteiger partial charge in [0.25, 0.3) is 0 Å². The molecule has 0 unspecified atom stereocenters. The lowest BCUT2D eigenvalue weighted by Gasteiger charge is -2.44. The quantitative estimate of drug-likeness (QED) is 0.765. The molecule has 0 radical (unpaired) electrons. The van der Waals surface area contributed by atoms with E-state index in [0.717, 1.165) is 0 Å². The molecule has 1 aliphatic rings. The van der Waals surface area contributed by atoms with Crippen LogP contribution in [-0.2, 0) is 19.7 Å². The van der Waals surface area contributed by atoms with E-state index in [-0.39, 0.29) is 37.8 Å². The molecule has 30 heavy (non-hydrogen) atoms. The minimum absolute atomic E-state index is 0.0908. The highest BCUT2D eigenvalue weighted by molar-refractivity contribution is 5.87. The van der Waals surface area contributed by atoms with Gasteiger partial charge >= 0.3 is 6.09 Å². The molecule has 1 heterocycles. The van der Waals surface area contributed by atoms with Crippen LogP contribution in [0.2, 0.25) is 0 Å². The molecule has 0 saturated carbocycles. The Labute approximate surface area is 178 Å². The van der Waals surface area contributed by atoms with Gasteiger partial charge < -0.3 is 24.9 Å². The fourth-order valence-corrected chi connectivity index (χ4v) is 3.79. The predicted octanol–water partition coefficient (Wildman–Crippen LogP) is 2.24. The minimum Gasteiger partial charge on any atom is -0.549 e. The number of rotatable bonds is 6. The Morgan fingerprint density at radius 3 is 2.20 bits per heavy atom. The van der Waals surface area contributed by atoms with E-state index >= 15 is 0 Å². The van der Waals surface area contributed by atoms with Crippen LogP contribution >= 0.6 is 0 Å². The molecule has 0 spiro atoms. The number of carbonyl (C=O) groups excluding carboxylic acids is 3. The summed E-state index contributed by atoms with van der Waals surface area (Å²) in [5.41, 5.74) is -1.08. The lowest BCUT2D eigenvalue weighted by molar-refractivity contribution is -0.315. The summed E-state index contributed by atoms with van der Waals surface area (Å²) in [7, 11) is 0. The summed E-state index contributed by atoms with van der Waals surface area (Å²) >= 11 is 0. The van der Waals surface area contributed by atoms with E-state index in [1.807, 2.05) is 19.9 Å². The van der Waals surface area contributed by atoms with Crippen LogP contribution in [0.3, 0.4) is 0 Å². The number of aliphatic carboxylic acids is 1. The number of hydrogen-bond acceptors (Lipinski definition) is 5. The number of ether oxygens (including phenoxy) is 1. The van der Waals surface area contributed by atoms with Crippen molar-refractivity contribution in [3.05, 3.63) is 35.9 Å². The lowest BCUT2D eigenvalue weighted by Crippen LogP contribution is -2.58. The Bertz CT molecular complexity index is 749. The molecule has 2 atom stereocenters. The van der Waals surface area contributed by atoms with Gasteiger partial charge in [0.15, 0.2) is 0 Å². The molecule has 1 aromatic rings. The molecule has 1 fully saturated rings. The summed E-state index contributed by atoms with van der Waals surface area (Å²) in [6, 6.07) is 8.31. The molecule has 1 aromatic carbocycles. The molecule has 0 aliphatic carbocycles. The normalized spacial score (nSPS) is 18.2. The van der Waals surface area contributed by atoms with Gasteiger partial charge in [-0.1, -0.05) is 50.6 Å². The molecule has 0 aromatic heterocycles. The minimum atomic E-state index is -1.12. The van der Waals surface area contributed by atoms with Crippen molar-refractivity contribution in [1.29, 1.82) is 0 Å². The van der Waals surface area contributed by atoms with Crippen molar-refractivity contribution in [2.24, 2.45) is 5.92 Å². The van der Waals surface area contributed by atoms with Crippen molar-refractivity contribution >= 4 is 18.0 Å². The third-order valence-corrected chi connectivity index (χ3v) is 5.80. The Hall–Kier alpha value is -2.57. The van der Waals surface area contributed by atoms with Gasteiger partial charge in [0.1, 0.15) is 11.6 Å². The number of carboxylic acids is 1. The summed E-state index contributed by atoms with van der Waals surface area (Å²) in [5, 5.41) is 14.7. The van der Waals surface area contributed by atoms with Crippen molar-refractivity contribution in [1.82, 2.24) is 10.2 Å². The van der Waals surface area contributed by atoms with Crippen LogP contribution in [0.25, 0.3) is 0 Å². The van der Waals surface area contributed by atoms with Crippen molar-refractivity contribution in [2.45, 2.75) is 70.9 Å². The topological polar surface area (TPSA) is 98.8 Å². The molecule has 7 nitrogen and oxygen atoms in total. The Morgan fingerprint density at radius 2 is 1.73 bits per heavy atom. The molecular weight excluding hydrogens is 384 g/mol. The number of carboxylic acid groups (broad SMARTS) is 1. The summed E-state index contributed by atoms with van der Waals surface area (Å²) in [6.07, 6.45) is 0.606. The second-order valence-electron chi connectivity index (χ2n) is 9.07. The standard InChI is InChI=1S/C23H34N2O5/c1-6-16(2)18(24-21(29)30-22(3,4)5)19(26)25-14-12-23(13-15-25,20(27)28)17-10-8-7-9-11-17/h7-11,16,18H,6,12-15H2,1-5H3,(H,24,29)(H,27,28)/p-1/t16-,18+/m1/s1. The number of nitrogens with zero attached hydrogens (tertiary/aromatic N) is 1. The van der Waals surface area contributed by atoms with E-state index in [0.29, 0.717) is 12.0 Å². The number of alkyl carbamates (subject to hydrolysis) is 1. The van der Waals surface area contributed by atoms with Gasteiger partial charge in [-0.2, -0.15) is 0 Å². The number of likely N-dealkylation sites (tertiary alicyclic amines) is 1. The maximum atomic E-state index is 13.2. The van der Waals surface area contributed by atoms with Crippen molar-refractivity contribution < 1.29 is 24.2 Å². The Morgan fingerprint density at radius 1 is 1.17 bits per heavy atom. The number of benzene rings is 1. The van der Waals surface area contributed by atoms with Gasteiger partial charge in [-0.05, 0) is 45.1 Å². The Kier molecular flexibility index (Phi) is 7.50. The number of piperidine rings is 1. The van der Waals surface area contributed by atoms with E-state index in [4.69, 9.17) is 4.74 Å². The molecule has 1 saturated heterocycles. The highest BCUT2D eigenvalue weighted by Crippen LogP contribution is 2.35. The summed E-state index contributed by atoms with van der Waals surface area (Å²) in [6.45, 7) is 9.71. The van der Waals surface area contributed by atoms with E-state index in [1.165, 1.54) is 0 Å². The first kappa shape index (κ1) is 23.7. The summed E-state index contributed by atoms with van der Waals surface area (Å²) in [4.78, 5) is 39.1. The molecule has 7 heteroatoms. The van der Waals surface area contributed by atoms with E-state index in [9.17, 15) is 19.5 Å². The molecule has 2 rings (SSSR count). The SMILES string of the molecule is CC[C@@H](C)[C@H](NC(=O)OC(C)(C)C)C(=O)N1CCC(C(=O)[O-])(c2ccccc2)CC1. The van der Waals surface area contributed by atoms with Crippen LogP contribution in [0.1, 0.15) is 59.4 Å². The predicted molar refractivity (Wildman–Crippen MR) is 112 cm³/mol. The van der Waals surface area contributed by atoms with E-state index in [2.05, 4.69) is 5.32 Å². The van der Waals surface area contributed by atoms with Crippen molar-refractivity contribution in [3.63, 3.8) is 0 Å². The molecule has 0 bridgehead atoms. The first-order chi connectivity index (χ1) is 14.0. The Balaban J connectivity index is 2.13. The summed E-state index contributed by atoms with van der Waals surface area (Å²) in [5.74, 6) is -1.42. The van der Waals surface area contributed by atoms with Gasteiger partial charge in [0, 0.05) is 18.5 Å². The van der Waals surface area contributed by atoms with E-state index in [1.54, 1.807) is 49.9 Å². The van der Waals surface area contributed by atoms with E-state index < -0.39 is 29.1 Å². The van der Waals surface area contributed by atoms with Gasteiger partial charge in [-0.15, -0.1) is 0 Å². The molecule has 1 aliphatic heterocycles. The first-order valence-electron chi connectivity index (χ1n) is 10.6. The largest absolute Gasteiger partial charge is 0.549 e.